The van der Waals surface area contributed by atoms with Gasteiger partial charge in [0.05, 0.1) is 11.0 Å². The van der Waals surface area contributed by atoms with Crippen LogP contribution in [-0.2, 0) is 10.0 Å². The number of allylic oxidation sites excluding steroid dienone is 1. The summed E-state index contributed by atoms with van der Waals surface area (Å²) in [6.45, 7) is 2.70. The van der Waals surface area contributed by atoms with Gasteiger partial charge in [0.25, 0.3) is 10.0 Å². The van der Waals surface area contributed by atoms with Gasteiger partial charge in [0, 0.05) is 11.1 Å². The van der Waals surface area contributed by atoms with Gasteiger partial charge in [-0.1, -0.05) is 24.3 Å². The van der Waals surface area contributed by atoms with Gasteiger partial charge in [-0.05, 0) is 55.8 Å². The molecule has 0 aliphatic carbocycles. The zero-order chi connectivity index (χ0) is 27.8. The highest BCUT2D eigenvalue weighted by atomic mass is 32.2. The number of H-pyrrole nitrogens is 1. The number of carbonyl (C=O) groups is 1. The summed E-state index contributed by atoms with van der Waals surface area (Å²) >= 11 is 0. The van der Waals surface area contributed by atoms with E-state index in [1.807, 2.05) is 0 Å². The predicted octanol–water partition coefficient (Wildman–Crippen LogP) is 3.89. The van der Waals surface area contributed by atoms with Crippen LogP contribution in [-0.4, -0.2) is 46.3 Å². The number of aliphatic hydroxyl groups is 2. The summed E-state index contributed by atoms with van der Waals surface area (Å²) in [7, 11) is -4.76. The number of benzene rings is 3. The van der Waals surface area contributed by atoms with E-state index >= 15 is 0 Å². The number of halogens is 2. The van der Waals surface area contributed by atoms with Crippen LogP contribution in [0.5, 0.6) is 0 Å². The molecule has 0 amide bonds. The summed E-state index contributed by atoms with van der Waals surface area (Å²) in [5.41, 5.74) is 5.93. The van der Waals surface area contributed by atoms with Crippen molar-refractivity contribution in [2.45, 2.75) is 24.8 Å². The Bertz CT molecular complexity index is 1710. The summed E-state index contributed by atoms with van der Waals surface area (Å²) in [6, 6.07) is 13.1. The van der Waals surface area contributed by atoms with Crippen molar-refractivity contribution in [1.82, 2.24) is 9.97 Å². The number of fused-ring (bicyclic) bond motifs is 1. The molecule has 196 valence electrons. The van der Waals surface area contributed by atoms with Gasteiger partial charge in [-0.2, -0.15) is 8.42 Å². The van der Waals surface area contributed by atoms with Crippen LogP contribution in [0.2, 0.25) is 0 Å². The highest BCUT2D eigenvalue weighted by Crippen LogP contribution is 2.30. The molecular weight excluding hydrogens is 518 g/mol. The Balaban J connectivity index is 1.92. The molecule has 1 heterocycles. The molecule has 4 aromatic rings. The van der Waals surface area contributed by atoms with Gasteiger partial charge in [0.2, 0.25) is 5.78 Å². The molecule has 12 heteroatoms. The maximum absolute atomic E-state index is 14.6. The van der Waals surface area contributed by atoms with Crippen molar-refractivity contribution in [2.24, 2.45) is 10.1 Å². The standard InChI is InChI=1S/C26H22F2N4O5S/c1-13-7-8-15(11-18(13)28)23(34)22(26-30-19-5-3-4-6-20(19)31-26)24(35)16-9-10-17(27)21(12-16)38(36,37)32-25(29)14(2)33/h3-12,14,33-34H,1-2H3,(H2,29,32)(H,30,31)/b23-22-/t14-/m1/s1. The van der Waals surface area contributed by atoms with Crippen LogP contribution in [0.15, 0.2) is 70.0 Å². The summed E-state index contributed by atoms with van der Waals surface area (Å²) in [5, 5.41) is 20.6. The number of aryl methyl sites for hydroxylation is 1. The van der Waals surface area contributed by atoms with Crippen LogP contribution in [0, 0.1) is 18.6 Å². The second-order valence-electron chi connectivity index (χ2n) is 8.43. The number of para-hydroxylation sites is 2. The maximum atomic E-state index is 14.6. The van der Waals surface area contributed by atoms with E-state index in [1.165, 1.54) is 26.0 Å². The molecule has 0 saturated heterocycles. The number of ketones is 1. The van der Waals surface area contributed by atoms with Crippen LogP contribution < -0.4 is 5.73 Å². The van der Waals surface area contributed by atoms with E-state index in [0.29, 0.717) is 16.6 Å². The van der Waals surface area contributed by atoms with Crippen molar-refractivity contribution in [2.75, 3.05) is 0 Å². The number of hydrogen-bond acceptors (Lipinski definition) is 6. The number of nitrogens with one attached hydrogen (secondary N) is 1. The zero-order valence-electron chi connectivity index (χ0n) is 20.1. The predicted molar refractivity (Wildman–Crippen MR) is 138 cm³/mol. The quantitative estimate of drug-likeness (QED) is 0.0910. The molecule has 5 N–H and O–H groups in total. The molecule has 1 atom stereocenters. The first-order valence-corrected chi connectivity index (χ1v) is 12.6. The van der Waals surface area contributed by atoms with E-state index in [1.54, 1.807) is 24.3 Å². The lowest BCUT2D eigenvalue weighted by Crippen LogP contribution is -2.27. The van der Waals surface area contributed by atoms with Gasteiger partial charge in [0.1, 0.15) is 45.6 Å². The Morgan fingerprint density at radius 2 is 1.74 bits per heavy atom. The molecule has 4 rings (SSSR count). The fraction of sp³-hybridized carbons (Fsp3) is 0.115. The number of rotatable bonds is 7. The highest BCUT2D eigenvalue weighted by molar-refractivity contribution is 7.90. The number of sulfonamides is 1. The highest BCUT2D eigenvalue weighted by Gasteiger charge is 2.27. The van der Waals surface area contributed by atoms with Crippen LogP contribution in [0.1, 0.15) is 34.2 Å². The third-order valence-corrected chi connectivity index (χ3v) is 6.98. The average molecular weight is 541 g/mol. The van der Waals surface area contributed by atoms with Crippen molar-refractivity contribution in [3.8, 4) is 0 Å². The first kappa shape index (κ1) is 26.6. The molecule has 0 spiro atoms. The molecule has 3 aromatic carbocycles. The van der Waals surface area contributed by atoms with Gasteiger partial charge < -0.3 is 20.9 Å². The van der Waals surface area contributed by atoms with E-state index in [9.17, 15) is 32.2 Å². The molecule has 1 aromatic heterocycles. The fourth-order valence-electron chi connectivity index (χ4n) is 3.53. The summed E-state index contributed by atoms with van der Waals surface area (Å²) < 4.78 is 57.4. The number of aliphatic hydroxyl groups excluding tert-OH is 2. The van der Waals surface area contributed by atoms with Crippen molar-refractivity contribution >= 4 is 44.0 Å². The third kappa shape index (κ3) is 5.17. The molecule has 0 aliphatic heterocycles. The Labute approximate surface area is 216 Å². The number of amidine groups is 1. The fourth-order valence-corrected chi connectivity index (χ4v) is 4.65. The van der Waals surface area contributed by atoms with Gasteiger partial charge >= 0.3 is 0 Å². The van der Waals surface area contributed by atoms with Gasteiger partial charge in [0.15, 0.2) is 0 Å². The van der Waals surface area contributed by atoms with Gasteiger partial charge in [-0.15, -0.1) is 4.40 Å². The Morgan fingerprint density at radius 3 is 2.39 bits per heavy atom. The lowest BCUT2D eigenvalue weighted by atomic mass is 9.98. The van der Waals surface area contributed by atoms with Crippen molar-refractivity contribution in [1.29, 1.82) is 0 Å². The molecule has 0 unspecified atom stereocenters. The van der Waals surface area contributed by atoms with Crippen LogP contribution >= 0.6 is 0 Å². The second kappa shape index (κ2) is 10.1. The number of imidazole rings is 1. The zero-order valence-corrected chi connectivity index (χ0v) is 20.9. The topological polar surface area (TPSA) is 159 Å². The lowest BCUT2D eigenvalue weighted by Gasteiger charge is -2.11. The van der Waals surface area contributed by atoms with Crippen molar-refractivity contribution in [3.63, 3.8) is 0 Å². The lowest BCUT2D eigenvalue weighted by molar-refractivity contribution is 0.105. The first-order chi connectivity index (χ1) is 17.9. The van der Waals surface area contributed by atoms with Crippen LogP contribution in [0.25, 0.3) is 22.4 Å². The van der Waals surface area contributed by atoms with E-state index in [4.69, 9.17) is 5.73 Å². The summed E-state index contributed by atoms with van der Waals surface area (Å²) in [4.78, 5) is 20.0. The number of Topliss-reactive ketones (excluding diaryl/α,β-unsaturated/α-hetero) is 1. The summed E-state index contributed by atoms with van der Waals surface area (Å²) in [5.74, 6) is -4.19. The van der Waals surface area contributed by atoms with Gasteiger partial charge in [-0.3, -0.25) is 4.79 Å². The number of nitrogens with zero attached hydrogens (tertiary/aromatic N) is 2. The van der Waals surface area contributed by atoms with Gasteiger partial charge in [-0.25, -0.2) is 13.8 Å². The number of aromatic nitrogens is 2. The normalized spacial score (nSPS) is 13.9. The minimum atomic E-state index is -4.76. The molecule has 38 heavy (non-hydrogen) atoms. The Hall–Kier alpha value is -4.42. The number of nitrogens with two attached hydrogens (primary N) is 1. The largest absolute Gasteiger partial charge is 0.506 e. The minimum absolute atomic E-state index is 0.0406. The Morgan fingerprint density at radius 1 is 1.05 bits per heavy atom. The number of carbonyl (C=O) groups excluding carboxylic acids is 1. The Kier molecular flexibility index (Phi) is 7.11. The van der Waals surface area contributed by atoms with E-state index in [2.05, 4.69) is 14.4 Å². The van der Waals surface area contributed by atoms with Crippen LogP contribution in [0.4, 0.5) is 8.78 Å². The summed E-state index contributed by atoms with van der Waals surface area (Å²) in [6.07, 6.45) is -1.42. The minimum Gasteiger partial charge on any atom is -0.506 e. The molecule has 0 saturated carbocycles. The van der Waals surface area contributed by atoms with Crippen molar-refractivity contribution in [3.05, 3.63) is 94.8 Å². The second-order valence-corrected chi connectivity index (χ2v) is 10.0. The third-order valence-electron chi connectivity index (χ3n) is 5.66. The molecular formula is C26H22F2N4O5S. The maximum Gasteiger partial charge on any atom is 0.286 e. The molecule has 0 radical (unpaired) electrons. The molecule has 0 fully saturated rings. The number of aromatic amines is 1. The molecule has 0 aliphatic rings. The molecule has 0 bridgehead atoms. The SMILES string of the molecule is Cc1ccc(/C(O)=C(\C(=O)c2ccc(F)c(S(=O)(=O)/N=C(\N)[C@@H](C)O)c2)c2nc3ccccc3[nH]2)cc1F. The van der Waals surface area contributed by atoms with E-state index < -0.39 is 55.6 Å². The van der Waals surface area contributed by atoms with Crippen molar-refractivity contribution < 1.29 is 32.2 Å². The smallest absolute Gasteiger partial charge is 0.286 e. The average Bonchev–Trinajstić information content (AvgIpc) is 3.29. The van der Waals surface area contributed by atoms with Crippen LogP contribution in [0.3, 0.4) is 0 Å². The van der Waals surface area contributed by atoms with E-state index in [0.717, 1.165) is 24.3 Å². The molecule has 9 nitrogen and oxygen atoms in total. The number of hydrogen-bond donors (Lipinski definition) is 4. The first-order valence-electron chi connectivity index (χ1n) is 11.2. The van der Waals surface area contributed by atoms with E-state index in [-0.39, 0.29) is 17.0 Å². The monoisotopic (exact) mass is 540 g/mol.